The topological polar surface area (TPSA) is 51.7 Å². The summed E-state index contributed by atoms with van der Waals surface area (Å²) >= 11 is 0. The fourth-order valence-corrected chi connectivity index (χ4v) is 4.32. The lowest BCUT2D eigenvalue weighted by atomic mass is 9.93. The Hall–Kier alpha value is -1.98. The third kappa shape index (κ3) is 2.99. The smallest absolute Gasteiger partial charge is 0.256 e. The molecule has 2 fully saturated rings. The summed E-state index contributed by atoms with van der Waals surface area (Å²) in [7, 11) is 0. The van der Waals surface area contributed by atoms with Crippen molar-refractivity contribution in [3.63, 3.8) is 0 Å². The quantitative estimate of drug-likeness (QED) is 0.789. The number of hydrogen-bond donors (Lipinski definition) is 0. The zero-order valence-corrected chi connectivity index (χ0v) is 16.0. The van der Waals surface area contributed by atoms with Crippen LogP contribution in [0.3, 0.4) is 0 Å². The van der Waals surface area contributed by atoms with Gasteiger partial charge in [-0.2, -0.15) is 0 Å². The van der Waals surface area contributed by atoms with E-state index in [-0.39, 0.29) is 11.5 Å². The molecule has 5 nitrogen and oxygen atoms in total. The van der Waals surface area contributed by atoms with Crippen molar-refractivity contribution in [2.45, 2.75) is 45.3 Å². The number of nitrogens with zero attached hydrogens (tertiary/aromatic N) is 2. The number of aryl methyl sites for hydroxylation is 2. The van der Waals surface area contributed by atoms with E-state index in [1.807, 2.05) is 37.8 Å². The molecule has 2 aliphatic heterocycles. The molecule has 2 aliphatic rings. The van der Waals surface area contributed by atoms with Crippen LogP contribution in [0.1, 0.15) is 41.8 Å². The van der Waals surface area contributed by atoms with Crippen molar-refractivity contribution in [2.75, 3.05) is 26.3 Å². The first-order valence-corrected chi connectivity index (χ1v) is 9.22. The number of benzene rings is 1. The van der Waals surface area contributed by atoms with Gasteiger partial charge in [-0.3, -0.25) is 9.78 Å². The number of morpholine rings is 1. The fourth-order valence-electron chi connectivity index (χ4n) is 4.32. The average molecular weight is 354 g/mol. The first kappa shape index (κ1) is 17.4. The maximum Gasteiger partial charge on any atom is 0.256 e. The molecule has 1 unspecified atom stereocenters. The number of aromatic nitrogens is 1. The Balaban J connectivity index is 1.76. The lowest BCUT2D eigenvalue weighted by molar-refractivity contribution is -0.186. The van der Waals surface area contributed by atoms with Gasteiger partial charge in [-0.25, -0.2) is 0 Å². The predicted molar refractivity (Wildman–Crippen MR) is 100 cm³/mol. The summed E-state index contributed by atoms with van der Waals surface area (Å²) in [5.74, 6) is 0.0273. The van der Waals surface area contributed by atoms with E-state index < -0.39 is 5.60 Å². The Kier molecular flexibility index (Phi) is 4.04. The molecule has 138 valence electrons. The molecule has 0 bridgehead atoms. The van der Waals surface area contributed by atoms with Gasteiger partial charge < -0.3 is 14.4 Å². The molecule has 1 aromatic carbocycles. The number of rotatable bonds is 1. The number of hydrogen-bond acceptors (Lipinski definition) is 4. The fraction of sp³-hybridized carbons (Fsp3) is 0.524. The largest absolute Gasteiger partial charge is 0.378 e. The molecule has 1 amide bonds. The Morgan fingerprint density at radius 2 is 2.04 bits per heavy atom. The third-order valence-corrected chi connectivity index (χ3v) is 5.34. The first-order valence-electron chi connectivity index (χ1n) is 9.22. The van der Waals surface area contributed by atoms with Gasteiger partial charge in [-0.1, -0.05) is 0 Å². The summed E-state index contributed by atoms with van der Waals surface area (Å²) in [5.41, 5.74) is 2.88. The van der Waals surface area contributed by atoms with Gasteiger partial charge >= 0.3 is 0 Å². The summed E-state index contributed by atoms with van der Waals surface area (Å²) in [6, 6.07) is 6.04. The molecule has 2 aromatic rings. The molecule has 0 saturated carbocycles. The van der Waals surface area contributed by atoms with Crippen LogP contribution in [0.2, 0.25) is 0 Å². The summed E-state index contributed by atoms with van der Waals surface area (Å²) in [6.45, 7) is 10.5. The molecule has 3 heterocycles. The van der Waals surface area contributed by atoms with Crippen molar-refractivity contribution < 1.29 is 14.3 Å². The van der Waals surface area contributed by atoms with Crippen LogP contribution in [-0.4, -0.2) is 53.3 Å². The van der Waals surface area contributed by atoms with E-state index in [0.717, 1.165) is 28.5 Å². The molecule has 4 rings (SSSR count). The minimum Gasteiger partial charge on any atom is -0.378 e. The molecule has 2 saturated heterocycles. The standard InChI is InChI=1S/C21H26N2O3/c1-14-9-16-15(2)5-7-22-18(16)17(10-14)19(24)23-11-20(3,4)26-21(12-23)6-8-25-13-21/h5,7,9-10H,6,8,11-13H2,1-4H3. The monoisotopic (exact) mass is 354 g/mol. The van der Waals surface area contributed by atoms with Crippen molar-refractivity contribution >= 4 is 16.8 Å². The summed E-state index contributed by atoms with van der Waals surface area (Å²) in [6.07, 6.45) is 2.60. The summed E-state index contributed by atoms with van der Waals surface area (Å²) < 4.78 is 11.9. The van der Waals surface area contributed by atoms with Crippen molar-refractivity contribution in [1.82, 2.24) is 9.88 Å². The number of fused-ring (bicyclic) bond motifs is 1. The van der Waals surface area contributed by atoms with Gasteiger partial charge in [-0.15, -0.1) is 0 Å². The zero-order valence-electron chi connectivity index (χ0n) is 16.0. The minimum atomic E-state index is -0.398. The molecule has 1 spiro atoms. The molecular weight excluding hydrogens is 328 g/mol. The van der Waals surface area contributed by atoms with Crippen LogP contribution in [-0.2, 0) is 9.47 Å². The van der Waals surface area contributed by atoms with Gasteiger partial charge in [0.05, 0.1) is 29.8 Å². The van der Waals surface area contributed by atoms with E-state index >= 15 is 0 Å². The lowest BCUT2D eigenvalue weighted by Crippen LogP contribution is -2.61. The normalized spacial score (nSPS) is 25.2. The minimum absolute atomic E-state index is 0.0273. The second kappa shape index (κ2) is 6.03. The number of carbonyl (C=O) groups is 1. The van der Waals surface area contributed by atoms with Gasteiger partial charge in [0.15, 0.2) is 0 Å². The van der Waals surface area contributed by atoms with Crippen molar-refractivity contribution in [1.29, 1.82) is 0 Å². The highest BCUT2D eigenvalue weighted by Gasteiger charge is 2.48. The highest BCUT2D eigenvalue weighted by atomic mass is 16.6. The van der Waals surface area contributed by atoms with E-state index in [1.165, 1.54) is 0 Å². The van der Waals surface area contributed by atoms with E-state index in [2.05, 4.69) is 18.0 Å². The predicted octanol–water partition coefficient (Wildman–Crippen LogP) is 3.26. The molecule has 0 aliphatic carbocycles. The second-order valence-electron chi connectivity index (χ2n) is 8.35. The molecule has 0 N–H and O–H groups in total. The van der Waals surface area contributed by atoms with Crippen LogP contribution in [0.4, 0.5) is 0 Å². The van der Waals surface area contributed by atoms with Gasteiger partial charge in [0.1, 0.15) is 5.60 Å². The van der Waals surface area contributed by atoms with Crippen molar-refractivity contribution in [3.8, 4) is 0 Å². The van der Waals surface area contributed by atoms with Gasteiger partial charge in [-0.05, 0) is 57.0 Å². The van der Waals surface area contributed by atoms with E-state index in [9.17, 15) is 4.79 Å². The van der Waals surface area contributed by atoms with E-state index in [1.54, 1.807) is 6.20 Å². The van der Waals surface area contributed by atoms with Crippen molar-refractivity contribution in [3.05, 3.63) is 41.1 Å². The van der Waals surface area contributed by atoms with Gasteiger partial charge in [0.2, 0.25) is 0 Å². The molecule has 0 radical (unpaired) electrons. The van der Waals surface area contributed by atoms with Crippen LogP contribution >= 0.6 is 0 Å². The van der Waals surface area contributed by atoms with Crippen LogP contribution < -0.4 is 0 Å². The Morgan fingerprint density at radius 1 is 1.23 bits per heavy atom. The van der Waals surface area contributed by atoms with Gasteiger partial charge in [0.25, 0.3) is 5.91 Å². The maximum atomic E-state index is 13.5. The zero-order chi connectivity index (χ0) is 18.5. The van der Waals surface area contributed by atoms with Crippen LogP contribution in [0.25, 0.3) is 10.9 Å². The average Bonchev–Trinajstić information content (AvgIpc) is 3.00. The van der Waals surface area contributed by atoms with Crippen LogP contribution in [0.5, 0.6) is 0 Å². The van der Waals surface area contributed by atoms with Crippen LogP contribution in [0, 0.1) is 13.8 Å². The van der Waals surface area contributed by atoms with E-state index in [0.29, 0.717) is 31.9 Å². The molecule has 1 atom stereocenters. The maximum absolute atomic E-state index is 13.5. The SMILES string of the molecule is Cc1cc(C(=O)N2CC(C)(C)OC3(CCOC3)C2)c2nccc(C)c2c1. The summed E-state index contributed by atoms with van der Waals surface area (Å²) in [4.78, 5) is 19.9. The first-order chi connectivity index (χ1) is 12.3. The van der Waals surface area contributed by atoms with E-state index in [4.69, 9.17) is 9.47 Å². The number of amides is 1. The Bertz CT molecular complexity index is 869. The molecule has 5 heteroatoms. The highest BCUT2D eigenvalue weighted by Crippen LogP contribution is 2.35. The van der Waals surface area contributed by atoms with Crippen molar-refractivity contribution in [2.24, 2.45) is 0 Å². The molecule has 26 heavy (non-hydrogen) atoms. The number of ether oxygens (including phenoxy) is 2. The van der Waals surface area contributed by atoms with Gasteiger partial charge in [0, 0.05) is 31.2 Å². The van der Waals surface area contributed by atoms with Crippen LogP contribution in [0.15, 0.2) is 24.4 Å². The number of pyridine rings is 1. The second-order valence-corrected chi connectivity index (χ2v) is 8.35. The molecular formula is C21H26N2O3. The Morgan fingerprint density at radius 3 is 2.77 bits per heavy atom. The molecule has 1 aromatic heterocycles. The highest BCUT2D eigenvalue weighted by molar-refractivity contribution is 6.06. The number of carbonyl (C=O) groups excluding carboxylic acids is 1. The summed E-state index contributed by atoms with van der Waals surface area (Å²) in [5, 5.41) is 1.04. The lowest BCUT2D eigenvalue weighted by Gasteiger charge is -2.48. The third-order valence-electron chi connectivity index (χ3n) is 5.34. The Labute approximate surface area is 154 Å².